The Hall–Kier alpha value is -3.87. The number of imidazole rings is 1. The number of benzene rings is 1. The molecule has 0 bridgehead atoms. The van der Waals surface area contributed by atoms with Gasteiger partial charge in [0.25, 0.3) is 11.9 Å². The Morgan fingerprint density at radius 1 is 1.23 bits per heavy atom. The van der Waals surface area contributed by atoms with Crippen molar-refractivity contribution < 1.29 is 32.2 Å². The Morgan fingerprint density at radius 3 is 2.86 bits per heavy atom. The van der Waals surface area contributed by atoms with E-state index in [0.717, 1.165) is 47.2 Å². The van der Waals surface area contributed by atoms with E-state index in [0.29, 0.717) is 52.2 Å². The van der Waals surface area contributed by atoms with Crippen molar-refractivity contribution in [3.8, 4) is 5.88 Å². The van der Waals surface area contributed by atoms with Gasteiger partial charge in [0.1, 0.15) is 27.7 Å². The molecule has 4 aromatic heterocycles. The molecular weight excluding hydrogens is 602 g/mol. The molecule has 0 saturated heterocycles. The molecule has 224 valence electrons. The number of hydrogen-bond acceptors (Lipinski definition) is 9. The second-order valence-corrected chi connectivity index (χ2v) is 11.6. The van der Waals surface area contributed by atoms with Crippen LogP contribution in [0.3, 0.4) is 0 Å². The number of ether oxygens (including phenoxy) is 3. The molecule has 0 fully saturated rings. The summed E-state index contributed by atoms with van der Waals surface area (Å²) in [4.78, 5) is 26.7. The Labute approximate surface area is 254 Å². The predicted octanol–water partition coefficient (Wildman–Crippen LogP) is 7.00. The maximum Gasteiger partial charge on any atom is 0.348 e. The Morgan fingerprint density at radius 2 is 2.09 bits per heavy atom. The summed E-state index contributed by atoms with van der Waals surface area (Å²) in [6, 6.07) is 5.50. The summed E-state index contributed by atoms with van der Waals surface area (Å²) in [6.45, 7) is 1.05. The van der Waals surface area contributed by atoms with Crippen LogP contribution in [0.25, 0.3) is 26.9 Å². The molecule has 5 aromatic rings. The molecule has 0 spiro atoms. The molecule has 0 N–H and O–H groups in total. The average molecular weight is 629 g/mol. The van der Waals surface area contributed by atoms with Gasteiger partial charge in [-0.1, -0.05) is 23.7 Å². The zero-order valence-electron chi connectivity index (χ0n) is 23.4. The van der Waals surface area contributed by atoms with Crippen molar-refractivity contribution in [1.29, 1.82) is 0 Å². The van der Waals surface area contributed by atoms with Crippen LogP contribution in [-0.4, -0.2) is 46.3 Å². The first kappa shape index (κ1) is 29.2. The van der Waals surface area contributed by atoms with Gasteiger partial charge in [-0.15, -0.1) is 11.3 Å². The minimum atomic E-state index is -0.770. The smallest absolute Gasteiger partial charge is 0.348 e. The number of halogens is 3. The van der Waals surface area contributed by atoms with Crippen molar-refractivity contribution in [2.75, 3.05) is 20.8 Å². The van der Waals surface area contributed by atoms with Gasteiger partial charge in [0, 0.05) is 37.1 Å². The number of esters is 1. The van der Waals surface area contributed by atoms with Gasteiger partial charge in [-0.3, -0.25) is 0 Å². The Bertz CT molecular complexity index is 1850. The van der Waals surface area contributed by atoms with Crippen molar-refractivity contribution in [2.45, 2.75) is 38.8 Å². The van der Waals surface area contributed by atoms with Crippen LogP contribution in [0, 0.1) is 17.7 Å². The summed E-state index contributed by atoms with van der Waals surface area (Å²) < 4.78 is 51.4. The summed E-state index contributed by atoms with van der Waals surface area (Å²) in [5, 5.41) is 0.758. The zero-order chi connectivity index (χ0) is 30.1. The summed E-state index contributed by atoms with van der Waals surface area (Å²) in [5.74, 6) is 0.399. The van der Waals surface area contributed by atoms with Crippen LogP contribution < -0.4 is 4.74 Å². The summed E-state index contributed by atoms with van der Waals surface area (Å²) in [5.41, 5.74) is 2.56. The predicted molar refractivity (Wildman–Crippen MR) is 157 cm³/mol. The second-order valence-electron chi connectivity index (χ2n) is 10.2. The van der Waals surface area contributed by atoms with Crippen LogP contribution in [0.1, 0.15) is 46.1 Å². The highest BCUT2D eigenvalue weighted by Crippen LogP contribution is 2.34. The highest BCUT2D eigenvalue weighted by Gasteiger charge is 2.24. The van der Waals surface area contributed by atoms with Gasteiger partial charge >= 0.3 is 5.97 Å². The molecule has 1 aliphatic rings. The van der Waals surface area contributed by atoms with Gasteiger partial charge in [0.05, 0.1) is 30.5 Å². The molecule has 1 unspecified atom stereocenters. The van der Waals surface area contributed by atoms with Crippen LogP contribution in [0.4, 0.5) is 8.78 Å². The number of rotatable bonds is 10. The van der Waals surface area contributed by atoms with Crippen molar-refractivity contribution in [3.63, 3.8) is 0 Å². The fourth-order valence-electron chi connectivity index (χ4n) is 5.27. The van der Waals surface area contributed by atoms with Crippen LogP contribution >= 0.6 is 22.9 Å². The Balaban J connectivity index is 1.15. The molecule has 0 aliphatic heterocycles. The number of methoxy groups -OCH3 is 2. The van der Waals surface area contributed by atoms with E-state index in [-0.39, 0.29) is 24.0 Å². The number of aromatic nitrogens is 4. The summed E-state index contributed by atoms with van der Waals surface area (Å²) in [7, 11) is 3.02. The summed E-state index contributed by atoms with van der Waals surface area (Å²) in [6.07, 6.45) is 6.28. The van der Waals surface area contributed by atoms with E-state index < -0.39 is 11.8 Å². The fraction of sp³-hybridized carbons (Fsp3) is 0.333. The molecule has 1 atom stereocenters. The maximum atomic E-state index is 14.6. The van der Waals surface area contributed by atoms with E-state index in [9.17, 15) is 13.6 Å². The lowest BCUT2D eigenvalue weighted by molar-refractivity contribution is 0.0606. The number of carbonyl (C=O) groups is 1. The minimum absolute atomic E-state index is 0.0938. The SMILES string of the molecule is COCCn1c(CC2CC=C(c3ncc(F)c(OCc4ccc(Cl)c5cc(F)oc45)n3)CC2)nc2sc(C(=O)OC)cc21. The quantitative estimate of drug-likeness (QED) is 0.152. The topological polar surface area (TPSA) is 102 Å². The molecule has 43 heavy (non-hydrogen) atoms. The normalized spacial score (nSPS) is 15.3. The van der Waals surface area contributed by atoms with Gasteiger partial charge < -0.3 is 23.2 Å². The monoisotopic (exact) mass is 628 g/mol. The maximum absolute atomic E-state index is 14.6. The van der Waals surface area contributed by atoms with Gasteiger partial charge in [0.15, 0.2) is 5.82 Å². The molecule has 9 nitrogen and oxygen atoms in total. The largest absolute Gasteiger partial charge is 0.470 e. The fourth-order valence-corrected chi connectivity index (χ4v) is 6.44. The van der Waals surface area contributed by atoms with E-state index in [2.05, 4.69) is 20.6 Å². The molecule has 4 heterocycles. The number of carbonyl (C=O) groups excluding carboxylic acids is 1. The lowest BCUT2D eigenvalue weighted by Gasteiger charge is -2.22. The zero-order valence-corrected chi connectivity index (χ0v) is 24.9. The van der Waals surface area contributed by atoms with Crippen LogP contribution in [-0.2, 0) is 29.0 Å². The van der Waals surface area contributed by atoms with Gasteiger partial charge in [-0.25, -0.2) is 14.8 Å². The first-order chi connectivity index (χ1) is 20.8. The first-order valence-corrected chi connectivity index (χ1v) is 14.8. The first-order valence-electron chi connectivity index (χ1n) is 13.6. The lowest BCUT2D eigenvalue weighted by Crippen LogP contribution is -2.15. The van der Waals surface area contributed by atoms with E-state index in [1.54, 1.807) is 19.2 Å². The van der Waals surface area contributed by atoms with E-state index in [1.807, 2.05) is 6.07 Å². The molecule has 0 amide bonds. The van der Waals surface area contributed by atoms with Gasteiger partial charge in [-0.05, 0) is 42.9 Å². The Kier molecular flexibility index (Phi) is 8.42. The number of thiophene rings is 1. The molecule has 1 aliphatic carbocycles. The third-order valence-electron chi connectivity index (χ3n) is 7.47. The van der Waals surface area contributed by atoms with Crippen molar-refractivity contribution in [3.05, 3.63) is 75.5 Å². The molecule has 0 saturated carbocycles. The van der Waals surface area contributed by atoms with Crippen molar-refractivity contribution >= 4 is 55.8 Å². The number of nitrogens with zero attached hydrogens (tertiary/aromatic N) is 4. The van der Waals surface area contributed by atoms with Gasteiger partial charge in [0.2, 0.25) is 5.82 Å². The minimum Gasteiger partial charge on any atom is -0.470 e. The van der Waals surface area contributed by atoms with Gasteiger partial charge in [-0.2, -0.15) is 13.8 Å². The standard InChI is InChI=1S/C30H27ClF2N4O5S/c1-39-10-9-37-22-13-23(30(38)40-2)43-29(22)35-25(37)11-16-3-5-17(6-4-16)27-34-14-21(32)28(36-27)41-15-18-7-8-20(31)19-12-24(33)42-26(18)19/h5,7-8,12-14,16H,3-4,6,9-11,15H2,1-2H3. The molecule has 0 radical (unpaired) electrons. The molecule has 6 rings (SSSR count). The van der Waals surface area contributed by atoms with Crippen molar-refractivity contribution in [1.82, 2.24) is 19.5 Å². The lowest BCUT2D eigenvalue weighted by atomic mass is 9.87. The van der Waals surface area contributed by atoms with Crippen LogP contribution in [0.5, 0.6) is 5.88 Å². The van der Waals surface area contributed by atoms with E-state index in [4.69, 9.17) is 35.2 Å². The number of allylic oxidation sites excluding steroid dienone is 2. The number of hydrogen-bond donors (Lipinski definition) is 0. The van der Waals surface area contributed by atoms with Crippen LogP contribution in [0.2, 0.25) is 5.02 Å². The average Bonchev–Trinajstić information content (AvgIpc) is 3.70. The van der Waals surface area contributed by atoms with Crippen LogP contribution in [0.15, 0.2) is 41.0 Å². The third kappa shape index (κ3) is 5.99. The molecule has 13 heteroatoms. The van der Waals surface area contributed by atoms with E-state index >= 15 is 0 Å². The van der Waals surface area contributed by atoms with Crippen molar-refractivity contribution in [2.24, 2.45) is 5.92 Å². The highest BCUT2D eigenvalue weighted by molar-refractivity contribution is 7.20. The second kappa shape index (κ2) is 12.4. The highest BCUT2D eigenvalue weighted by atomic mass is 35.5. The number of fused-ring (bicyclic) bond motifs is 2. The molecular formula is C30H27ClF2N4O5S. The number of furan rings is 1. The van der Waals surface area contributed by atoms with E-state index in [1.165, 1.54) is 24.5 Å². The molecule has 1 aromatic carbocycles. The third-order valence-corrected chi connectivity index (χ3v) is 8.80. The summed E-state index contributed by atoms with van der Waals surface area (Å²) >= 11 is 7.45.